The summed E-state index contributed by atoms with van der Waals surface area (Å²) in [6.07, 6.45) is 0.0790. The fourth-order valence-corrected chi connectivity index (χ4v) is 2.90. The van der Waals surface area contributed by atoms with Gasteiger partial charge >= 0.3 is 5.69 Å². The number of nitrogens with one attached hydrogen (secondary N) is 1. The lowest BCUT2D eigenvalue weighted by molar-refractivity contribution is -0.385. The van der Waals surface area contributed by atoms with Gasteiger partial charge in [0.15, 0.2) is 0 Å². The third-order valence-electron chi connectivity index (χ3n) is 4.30. The second kappa shape index (κ2) is 6.83. The van der Waals surface area contributed by atoms with Gasteiger partial charge in [0.2, 0.25) is 5.91 Å². The number of nitrogens with zero attached hydrogens (tertiary/aromatic N) is 3. The molecule has 3 rings (SSSR count). The molecule has 2 aromatic carbocycles. The molecule has 134 valence electrons. The number of nitro groups is 1. The van der Waals surface area contributed by atoms with Crippen molar-refractivity contribution in [3.63, 3.8) is 0 Å². The summed E-state index contributed by atoms with van der Waals surface area (Å²) < 4.78 is 3.09. The molecule has 1 amide bonds. The van der Waals surface area contributed by atoms with Crippen molar-refractivity contribution in [3.8, 4) is 0 Å². The highest BCUT2D eigenvalue weighted by molar-refractivity contribution is 5.91. The molecule has 1 N–H and O–H groups in total. The number of carbonyl (C=O) groups is 1. The van der Waals surface area contributed by atoms with Gasteiger partial charge in [-0.05, 0) is 25.1 Å². The number of aromatic nitrogens is 2. The first-order valence-corrected chi connectivity index (χ1v) is 8.07. The van der Waals surface area contributed by atoms with E-state index in [4.69, 9.17) is 0 Å². The Morgan fingerprint density at radius 1 is 1.19 bits per heavy atom. The lowest BCUT2D eigenvalue weighted by Crippen LogP contribution is -2.24. The lowest BCUT2D eigenvalue weighted by atomic mass is 10.2. The summed E-state index contributed by atoms with van der Waals surface area (Å²) in [5.41, 5.74) is 2.21. The van der Waals surface area contributed by atoms with E-state index in [0.29, 0.717) is 11.3 Å². The highest BCUT2D eigenvalue weighted by Crippen LogP contribution is 2.22. The van der Waals surface area contributed by atoms with Crippen LogP contribution in [0.5, 0.6) is 0 Å². The van der Waals surface area contributed by atoms with E-state index in [1.807, 2.05) is 24.3 Å². The summed E-state index contributed by atoms with van der Waals surface area (Å²) in [6, 6.07) is 11.9. The number of para-hydroxylation sites is 2. The first kappa shape index (κ1) is 17.4. The normalized spacial score (nSPS) is 10.8. The zero-order valence-corrected chi connectivity index (χ0v) is 14.4. The number of benzene rings is 2. The summed E-state index contributed by atoms with van der Waals surface area (Å²) >= 11 is 0. The van der Waals surface area contributed by atoms with Crippen LogP contribution in [0.15, 0.2) is 47.3 Å². The van der Waals surface area contributed by atoms with E-state index < -0.39 is 4.92 Å². The van der Waals surface area contributed by atoms with E-state index >= 15 is 0 Å². The smallest absolute Gasteiger partial charge is 0.326 e. The van der Waals surface area contributed by atoms with Crippen LogP contribution in [0.4, 0.5) is 11.4 Å². The molecular weight excluding hydrogens is 336 g/mol. The number of rotatable bonds is 5. The molecule has 0 atom stereocenters. The Kier molecular flexibility index (Phi) is 4.57. The number of aryl methyl sites for hydroxylation is 3. The van der Waals surface area contributed by atoms with Crippen LogP contribution in [0, 0.1) is 17.0 Å². The SMILES string of the molecule is Cc1ccc(NC(=O)CCn2c(=O)n(C)c3ccccc32)cc1[N+](=O)[O-]. The van der Waals surface area contributed by atoms with Crippen molar-refractivity contribution in [2.45, 2.75) is 19.9 Å². The molecule has 0 aliphatic rings. The maximum atomic E-state index is 12.3. The summed E-state index contributed by atoms with van der Waals surface area (Å²) in [4.78, 5) is 35.0. The highest BCUT2D eigenvalue weighted by atomic mass is 16.6. The molecule has 0 spiro atoms. The number of hydrogen-bond donors (Lipinski definition) is 1. The maximum absolute atomic E-state index is 12.3. The van der Waals surface area contributed by atoms with Gasteiger partial charge in [0.1, 0.15) is 0 Å². The second-order valence-electron chi connectivity index (χ2n) is 6.04. The number of fused-ring (bicyclic) bond motifs is 1. The van der Waals surface area contributed by atoms with Crippen molar-refractivity contribution in [1.29, 1.82) is 0 Å². The van der Waals surface area contributed by atoms with E-state index in [0.717, 1.165) is 11.0 Å². The Bertz CT molecular complexity index is 1060. The summed E-state index contributed by atoms with van der Waals surface area (Å²) in [5.74, 6) is -0.317. The van der Waals surface area contributed by atoms with Crippen molar-refractivity contribution in [1.82, 2.24) is 9.13 Å². The summed E-state index contributed by atoms with van der Waals surface area (Å²) in [7, 11) is 1.69. The van der Waals surface area contributed by atoms with Crippen molar-refractivity contribution in [2.75, 3.05) is 5.32 Å². The fraction of sp³-hybridized carbons (Fsp3) is 0.222. The molecule has 0 saturated heterocycles. The van der Waals surface area contributed by atoms with E-state index in [1.165, 1.54) is 10.6 Å². The monoisotopic (exact) mass is 354 g/mol. The number of imidazole rings is 1. The molecule has 0 radical (unpaired) electrons. The van der Waals surface area contributed by atoms with E-state index in [1.54, 1.807) is 30.7 Å². The molecule has 0 fully saturated rings. The number of anilines is 1. The van der Waals surface area contributed by atoms with Gasteiger partial charge in [-0.1, -0.05) is 18.2 Å². The Morgan fingerprint density at radius 2 is 1.88 bits per heavy atom. The first-order valence-electron chi connectivity index (χ1n) is 8.07. The van der Waals surface area contributed by atoms with Crippen molar-refractivity contribution < 1.29 is 9.72 Å². The molecule has 0 bridgehead atoms. The van der Waals surface area contributed by atoms with Crippen molar-refractivity contribution >= 4 is 28.3 Å². The van der Waals surface area contributed by atoms with Gasteiger partial charge in [-0.3, -0.25) is 24.0 Å². The summed E-state index contributed by atoms with van der Waals surface area (Å²) in [5, 5.41) is 13.6. The standard InChI is InChI=1S/C18H18N4O4/c1-12-7-8-13(11-16(12)22(25)26)19-17(23)9-10-21-15-6-4-3-5-14(15)20(2)18(21)24/h3-8,11H,9-10H2,1-2H3,(H,19,23). The van der Waals surface area contributed by atoms with Crippen LogP contribution in [0.2, 0.25) is 0 Å². The zero-order chi connectivity index (χ0) is 18.8. The van der Waals surface area contributed by atoms with Crippen LogP contribution in [-0.2, 0) is 18.4 Å². The largest absolute Gasteiger partial charge is 0.328 e. The number of nitro benzene ring substituents is 1. The minimum Gasteiger partial charge on any atom is -0.326 e. The lowest BCUT2D eigenvalue weighted by Gasteiger charge is -2.07. The minimum absolute atomic E-state index is 0.0481. The van der Waals surface area contributed by atoms with Crippen LogP contribution in [0.25, 0.3) is 11.0 Å². The van der Waals surface area contributed by atoms with Crippen LogP contribution < -0.4 is 11.0 Å². The number of hydrogen-bond acceptors (Lipinski definition) is 4. The first-order chi connectivity index (χ1) is 12.4. The Labute approximate surface area is 148 Å². The third kappa shape index (κ3) is 3.21. The predicted molar refractivity (Wildman–Crippen MR) is 98.3 cm³/mol. The van der Waals surface area contributed by atoms with Gasteiger partial charge in [0.05, 0.1) is 16.0 Å². The van der Waals surface area contributed by atoms with Gasteiger partial charge in [0, 0.05) is 37.3 Å². The third-order valence-corrected chi connectivity index (χ3v) is 4.30. The second-order valence-corrected chi connectivity index (χ2v) is 6.04. The molecule has 0 aliphatic carbocycles. The zero-order valence-electron chi connectivity index (χ0n) is 14.4. The van der Waals surface area contributed by atoms with Crippen molar-refractivity contribution in [2.24, 2.45) is 7.05 Å². The number of carbonyl (C=O) groups excluding carboxylic acids is 1. The molecule has 0 saturated carbocycles. The number of amides is 1. The topological polar surface area (TPSA) is 99.2 Å². The quantitative estimate of drug-likeness (QED) is 0.562. The van der Waals surface area contributed by atoms with Crippen LogP contribution in [0.1, 0.15) is 12.0 Å². The average Bonchev–Trinajstić information content (AvgIpc) is 2.86. The van der Waals surface area contributed by atoms with Crippen LogP contribution in [-0.4, -0.2) is 20.0 Å². The van der Waals surface area contributed by atoms with Gasteiger partial charge in [-0.25, -0.2) is 4.79 Å². The molecule has 26 heavy (non-hydrogen) atoms. The Balaban J connectivity index is 1.75. The van der Waals surface area contributed by atoms with Crippen molar-refractivity contribution in [3.05, 3.63) is 68.6 Å². The molecular formula is C18H18N4O4. The fourth-order valence-electron chi connectivity index (χ4n) is 2.90. The molecule has 3 aromatic rings. The Morgan fingerprint density at radius 3 is 2.58 bits per heavy atom. The molecule has 0 unspecified atom stereocenters. The summed E-state index contributed by atoms with van der Waals surface area (Å²) in [6.45, 7) is 1.86. The van der Waals surface area contributed by atoms with Gasteiger partial charge in [-0.15, -0.1) is 0 Å². The van der Waals surface area contributed by atoms with Gasteiger partial charge < -0.3 is 5.32 Å². The van der Waals surface area contributed by atoms with E-state index in [2.05, 4.69) is 5.32 Å². The Hall–Kier alpha value is -3.42. The molecule has 1 heterocycles. The average molecular weight is 354 g/mol. The predicted octanol–water partition coefficient (Wildman–Crippen LogP) is 2.59. The highest BCUT2D eigenvalue weighted by Gasteiger charge is 2.14. The molecule has 1 aromatic heterocycles. The molecule has 0 aliphatic heterocycles. The minimum atomic E-state index is -0.485. The van der Waals surface area contributed by atoms with Crippen LogP contribution >= 0.6 is 0 Å². The molecule has 8 nitrogen and oxygen atoms in total. The maximum Gasteiger partial charge on any atom is 0.328 e. The van der Waals surface area contributed by atoms with E-state index in [-0.39, 0.29) is 30.2 Å². The van der Waals surface area contributed by atoms with Gasteiger partial charge in [0.25, 0.3) is 5.69 Å². The van der Waals surface area contributed by atoms with Crippen LogP contribution in [0.3, 0.4) is 0 Å². The van der Waals surface area contributed by atoms with E-state index in [9.17, 15) is 19.7 Å². The van der Waals surface area contributed by atoms with Gasteiger partial charge in [-0.2, -0.15) is 0 Å². The molecule has 8 heteroatoms.